The number of rotatable bonds is 6. The fourth-order valence-corrected chi connectivity index (χ4v) is 8.61. The maximum absolute atomic E-state index is 13.9. The van der Waals surface area contributed by atoms with E-state index < -0.39 is 21.0 Å². The Bertz CT molecular complexity index is 1020. The first-order valence-corrected chi connectivity index (χ1v) is 12.7. The molecule has 0 aromatic heterocycles. The van der Waals surface area contributed by atoms with Gasteiger partial charge in [-0.25, -0.2) is 13.2 Å². The Morgan fingerprint density at radius 3 is 2.68 bits per heavy atom. The number of carbonyl (C=O) groups excluding carboxylic acids is 1. The molecule has 2 aliphatic heterocycles. The summed E-state index contributed by atoms with van der Waals surface area (Å²) < 4.78 is 46.2. The number of nitrogens with zero attached hydrogens (tertiary/aromatic N) is 1. The first-order chi connectivity index (χ1) is 14.7. The highest BCUT2D eigenvalue weighted by Crippen LogP contribution is 2.76. The van der Waals surface area contributed by atoms with E-state index in [-0.39, 0.29) is 16.3 Å². The van der Waals surface area contributed by atoms with Crippen molar-refractivity contribution in [2.45, 2.75) is 63.3 Å². The van der Waals surface area contributed by atoms with Crippen LogP contribution in [0.25, 0.3) is 0 Å². The Balaban J connectivity index is 1.57. The zero-order chi connectivity index (χ0) is 22.1. The predicted octanol–water partition coefficient (Wildman–Crippen LogP) is 3.37. The van der Waals surface area contributed by atoms with Gasteiger partial charge in [0.15, 0.2) is 11.5 Å². The summed E-state index contributed by atoms with van der Waals surface area (Å²) >= 11 is 0. The number of unbranched alkanes of at least 4 members (excludes halogenated alkanes) is 1. The van der Waals surface area contributed by atoms with E-state index in [9.17, 15) is 13.2 Å². The fourth-order valence-electron chi connectivity index (χ4n) is 6.66. The van der Waals surface area contributed by atoms with Gasteiger partial charge in [0.25, 0.3) is 0 Å². The lowest BCUT2D eigenvalue weighted by atomic mass is 9.66. The maximum atomic E-state index is 13.9. The number of sulfonamides is 1. The molecule has 0 unspecified atom stereocenters. The second-order valence-electron chi connectivity index (χ2n) is 9.86. The lowest BCUT2D eigenvalue weighted by Gasteiger charge is -2.45. The van der Waals surface area contributed by atoms with Crippen LogP contribution in [0.4, 0.5) is 0 Å². The smallest absolute Gasteiger partial charge is 0.328 e. The van der Waals surface area contributed by atoms with E-state index in [4.69, 9.17) is 14.2 Å². The van der Waals surface area contributed by atoms with Crippen LogP contribution >= 0.6 is 0 Å². The summed E-state index contributed by atoms with van der Waals surface area (Å²) in [6.07, 6.45) is 4.10. The lowest BCUT2D eigenvalue weighted by Crippen LogP contribution is -2.61. The molecule has 7 nitrogen and oxygen atoms in total. The van der Waals surface area contributed by atoms with Crippen LogP contribution in [0.2, 0.25) is 0 Å². The SMILES string of the molecule is CCCCOC(=O)[C@@]12C[C@H]3CC[C@@]1(C)[C@@]3(C)CN2S(=O)(=O)c1ccc2c(c1)OCCO2. The van der Waals surface area contributed by atoms with Crippen molar-refractivity contribution in [1.82, 2.24) is 4.31 Å². The Labute approximate surface area is 184 Å². The molecule has 2 saturated carbocycles. The molecule has 3 fully saturated rings. The molecule has 8 heteroatoms. The molecule has 0 amide bonds. The maximum Gasteiger partial charge on any atom is 0.328 e. The quantitative estimate of drug-likeness (QED) is 0.489. The molecule has 2 aliphatic carbocycles. The number of carbonyl (C=O) groups is 1. The van der Waals surface area contributed by atoms with Crippen LogP contribution in [0.15, 0.2) is 23.1 Å². The number of piperidine rings is 1. The van der Waals surface area contributed by atoms with Crippen LogP contribution in [0.3, 0.4) is 0 Å². The van der Waals surface area contributed by atoms with Gasteiger partial charge >= 0.3 is 5.97 Å². The van der Waals surface area contributed by atoms with Crippen molar-refractivity contribution in [2.75, 3.05) is 26.4 Å². The van der Waals surface area contributed by atoms with Gasteiger partial charge in [0.2, 0.25) is 10.0 Å². The lowest BCUT2D eigenvalue weighted by molar-refractivity contribution is -0.160. The third-order valence-corrected chi connectivity index (χ3v) is 10.5. The average molecular weight is 450 g/mol. The molecular formula is C23H31NO6S. The molecule has 31 heavy (non-hydrogen) atoms. The Morgan fingerprint density at radius 1 is 1.23 bits per heavy atom. The Kier molecular flexibility index (Phi) is 4.65. The number of esters is 1. The van der Waals surface area contributed by atoms with Crippen molar-refractivity contribution in [3.8, 4) is 11.5 Å². The molecule has 2 heterocycles. The number of benzene rings is 1. The van der Waals surface area contributed by atoms with Crippen LogP contribution in [0, 0.1) is 16.7 Å². The van der Waals surface area contributed by atoms with Crippen molar-refractivity contribution in [3.63, 3.8) is 0 Å². The highest BCUT2D eigenvalue weighted by atomic mass is 32.2. The van der Waals surface area contributed by atoms with Crippen molar-refractivity contribution in [1.29, 1.82) is 0 Å². The third kappa shape index (κ3) is 2.55. The van der Waals surface area contributed by atoms with Gasteiger partial charge < -0.3 is 14.2 Å². The van der Waals surface area contributed by atoms with Crippen molar-refractivity contribution in [2.24, 2.45) is 16.7 Å². The summed E-state index contributed by atoms with van der Waals surface area (Å²) in [5, 5.41) is 0. The summed E-state index contributed by atoms with van der Waals surface area (Å²) in [6.45, 7) is 7.78. The second-order valence-corrected chi connectivity index (χ2v) is 11.7. The van der Waals surface area contributed by atoms with Crippen molar-refractivity contribution in [3.05, 3.63) is 18.2 Å². The van der Waals surface area contributed by atoms with Gasteiger partial charge in [-0.1, -0.05) is 27.2 Å². The van der Waals surface area contributed by atoms with E-state index in [0.717, 1.165) is 25.7 Å². The highest BCUT2D eigenvalue weighted by Gasteiger charge is 2.82. The topological polar surface area (TPSA) is 82.1 Å². The van der Waals surface area contributed by atoms with Crippen LogP contribution in [0.5, 0.6) is 11.5 Å². The first kappa shape index (κ1) is 21.1. The van der Waals surface area contributed by atoms with E-state index >= 15 is 0 Å². The molecule has 5 rings (SSSR count). The van der Waals surface area contributed by atoms with Gasteiger partial charge in [-0.3, -0.25) is 0 Å². The number of hydrogen-bond acceptors (Lipinski definition) is 6. The van der Waals surface area contributed by atoms with Crippen LogP contribution in [-0.2, 0) is 19.6 Å². The summed E-state index contributed by atoms with van der Waals surface area (Å²) in [6, 6.07) is 4.71. The van der Waals surface area contributed by atoms with Gasteiger partial charge in [0.05, 0.1) is 11.5 Å². The van der Waals surface area contributed by atoms with Crippen molar-refractivity contribution >= 4 is 16.0 Å². The van der Waals surface area contributed by atoms with Crippen LogP contribution in [-0.4, -0.2) is 50.6 Å². The summed E-state index contributed by atoms with van der Waals surface area (Å²) in [4.78, 5) is 13.7. The minimum atomic E-state index is -3.94. The molecule has 1 saturated heterocycles. The van der Waals surface area contributed by atoms with E-state index in [1.807, 2.05) is 6.92 Å². The normalized spacial score (nSPS) is 36.0. The van der Waals surface area contributed by atoms with Gasteiger partial charge in [-0.15, -0.1) is 0 Å². The molecule has 1 aromatic carbocycles. The third-order valence-electron chi connectivity index (χ3n) is 8.68. The standard InChI is InChI=1S/C23H31NO6S/c1-4-5-10-30-20(25)23-14-16-8-9-22(23,3)21(16,2)15-24(23)31(26,27)17-6-7-18-19(13-17)29-12-11-28-18/h6-7,13,16H,4-5,8-12,14-15H2,1-3H3/t16-,21+,22+,23+/m1/s1. The fraction of sp³-hybridized carbons (Fsp3) is 0.696. The predicted molar refractivity (Wildman–Crippen MR) is 113 cm³/mol. The minimum absolute atomic E-state index is 0.133. The second kappa shape index (κ2) is 6.85. The summed E-state index contributed by atoms with van der Waals surface area (Å²) in [7, 11) is -3.94. The zero-order valence-corrected chi connectivity index (χ0v) is 19.3. The van der Waals surface area contributed by atoms with Gasteiger partial charge in [-0.2, -0.15) is 4.31 Å². The van der Waals surface area contributed by atoms with E-state index in [1.165, 1.54) is 10.4 Å². The number of hydrogen-bond donors (Lipinski definition) is 0. The van der Waals surface area contributed by atoms with E-state index in [2.05, 4.69) is 13.8 Å². The summed E-state index contributed by atoms with van der Waals surface area (Å²) in [5.74, 6) is 0.924. The molecular weight excluding hydrogens is 418 g/mol. The molecule has 4 atom stereocenters. The zero-order valence-electron chi connectivity index (χ0n) is 18.5. The molecule has 4 bridgehead atoms. The monoisotopic (exact) mass is 449 g/mol. The van der Waals surface area contributed by atoms with Gasteiger partial charge in [0, 0.05) is 18.0 Å². The Morgan fingerprint density at radius 2 is 1.97 bits per heavy atom. The number of fused-ring (bicyclic) bond motifs is 1. The molecule has 1 aromatic rings. The molecule has 4 aliphatic rings. The van der Waals surface area contributed by atoms with Crippen LogP contribution < -0.4 is 9.47 Å². The largest absolute Gasteiger partial charge is 0.486 e. The Hall–Kier alpha value is -1.80. The van der Waals surface area contributed by atoms with E-state index in [1.54, 1.807) is 12.1 Å². The molecule has 0 N–H and O–H groups in total. The van der Waals surface area contributed by atoms with Gasteiger partial charge in [-0.05, 0) is 49.1 Å². The molecule has 0 spiro atoms. The first-order valence-electron chi connectivity index (χ1n) is 11.3. The van der Waals surface area contributed by atoms with Crippen LogP contribution in [0.1, 0.15) is 52.9 Å². The van der Waals surface area contributed by atoms with E-state index in [0.29, 0.717) is 50.2 Å². The van der Waals surface area contributed by atoms with Gasteiger partial charge in [0.1, 0.15) is 18.8 Å². The number of ether oxygens (including phenoxy) is 3. The van der Waals surface area contributed by atoms with Crippen molar-refractivity contribution < 1.29 is 27.4 Å². The highest BCUT2D eigenvalue weighted by molar-refractivity contribution is 7.89. The molecule has 0 radical (unpaired) electrons. The summed E-state index contributed by atoms with van der Waals surface area (Å²) in [5.41, 5.74) is -1.82. The average Bonchev–Trinajstić information content (AvgIpc) is 3.22. The minimum Gasteiger partial charge on any atom is -0.486 e. The molecule has 170 valence electrons.